The Labute approximate surface area is 111 Å². The molecule has 3 atom stereocenters. The fraction of sp³-hybridized carbons (Fsp3) is 1.00. The van der Waals surface area contributed by atoms with Gasteiger partial charge >= 0.3 is 0 Å². The molecule has 3 unspecified atom stereocenters. The van der Waals surface area contributed by atoms with Crippen LogP contribution in [0.5, 0.6) is 0 Å². The Morgan fingerprint density at radius 1 is 1.28 bits per heavy atom. The van der Waals surface area contributed by atoms with Crippen LogP contribution in [0.15, 0.2) is 0 Å². The third-order valence-electron chi connectivity index (χ3n) is 4.95. The fourth-order valence-corrected chi connectivity index (χ4v) is 3.69. The Hall–Kier alpha value is -0.120. The van der Waals surface area contributed by atoms with Crippen LogP contribution in [0, 0.1) is 11.8 Å². The van der Waals surface area contributed by atoms with E-state index in [1.54, 1.807) is 0 Å². The van der Waals surface area contributed by atoms with Crippen LogP contribution in [0.25, 0.3) is 0 Å². The van der Waals surface area contributed by atoms with E-state index >= 15 is 0 Å². The van der Waals surface area contributed by atoms with Crippen molar-refractivity contribution >= 4 is 0 Å². The standard InChI is InChI=1S/C15H28N2O/c1-2-15-13(6-9-18-15)10-17-8-3-7-16-14(11-17)12-4-5-12/h12-16H,2-11H2,1H3. The molecule has 1 saturated carbocycles. The first-order valence-corrected chi connectivity index (χ1v) is 7.94. The second-order valence-electron chi connectivity index (χ2n) is 6.38. The molecule has 0 spiro atoms. The number of rotatable bonds is 4. The van der Waals surface area contributed by atoms with Gasteiger partial charge < -0.3 is 15.0 Å². The van der Waals surface area contributed by atoms with Crippen molar-refractivity contribution in [1.29, 1.82) is 0 Å². The number of hydrogen-bond donors (Lipinski definition) is 1. The van der Waals surface area contributed by atoms with Crippen LogP contribution in [0.4, 0.5) is 0 Å². The average Bonchev–Trinajstić information content (AvgIpc) is 3.15. The Bertz CT molecular complexity index is 267. The van der Waals surface area contributed by atoms with Gasteiger partial charge in [0.15, 0.2) is 0 Å². The number of nitrogens with one attached hydrogen (secondary N) is 1. The van der Waals surface area contributed by atoms with E-state index in [0.29, 0.717) is 6.10 Å². The summed E-state index contributed by atoms with van der Waals surface area (Å²) in [6.07, 6.45) is 7.21. The van der Waals surface area contributed by atoms with Crippen LogP contribution < -0.4 is 5.32 Å². The predicted octanol–water partition coefficient (Wildman–Crippen LogP) is 1.88. The van der Waals surface area contributed by atoms with E-state index < -0.39 is 0 Å². The second kappa shape index (κ2) is 5.89. The second-order valence-corrected chi connectivity index (χ2v) is 6.38. The molecule has 2 heterocycles. The summed E-state index contributed by atoms with van der Waals surface area (Å²) in [5, 5.41) is 3.75. The molecular weight excluding hydrogens is 224 g/mol. The molecule has 0 aromatic carbocycles. The smallest absolute Gasteiger partial charge is 0.0613 e. The SMILES string of the molecule is CCC1OCCC1CN1CCCNC(C2CC2)C1. The Morgan fingerprint density at radius 3 is 2.94 bits per heavy atom. The summed E-state index contributed by atoms with van der Waals surface area (Å²) in [6, 6.07) is 0.773. The lowest BCUT2D eigenvalue weighted by Crippen LogP contribution is -2.41. The van der Waals surface area contributed by atoms with E-state index in [9.17, 15) is 0 Å². The van der Waals surface area contributed by atoms with Crippen molar-refractivity contribution in [2.75, 3.05) is 32.8 Å². The summed E-state index contributed by atoms with van der Waals surface area (Å²) in [5.74, 6) is 1.76. The lowest BCUT2D eigenvalue weighted by Gasteiger charge is -2.28. The van der Waals surface area contributed by atoms with Crippen molar-refractivity contribution in [2.45, 2.75) is 51.2 Å². The fourth-order valence-electron chi connectivity index (χ4n) is 3.69. The molecule has 3 aliphatic rings. The first-order chi connectivity index (χ1) is 8.86. The van der Waals surface area contributed by atoms with Gasteiger partial charge in [-0.15, -0.1) is 0 Å². The molecular formula is C15H28N2O. The van der Waals surface area contributed by atoms with Crippen molar-refractivity contribution in [3.05, 3.63) is 0 Å². The minimum Gasteiger partial charge on any atom is -0.378 e. The minimum atomic E-state index is 0.528. The molecule has 0 radical (unpaired) electrons. The van der Waals surface area contributed by atoms with Gasteiger partial charge in [0, 0.05) is 25.7 Å². The van der Waals surface area contributed by atoms with Crippen molar-refractivity contribution in [3.63, 3.8) is 0 Å². The first-order valence-electron chi connectivity index (χ1n) is 7.94. The molecule has 0 amide bonds. The lowest BCUT2D eigenvalue weighted by molar-refractivity contribution is 0.0748. The van der Waals surface area contributed by atoms with Gasteiger partial charge in [0.1, 0.15) is 0 Å². The lowest BCUT2D eigenvalue weighted by atomic mass is 9.98. The summed E-state index contributed by atoms with van der Waals surface area (Å²) in [4.78, 5) is 2.71. The Kier molecular flexibility index (Phi) is 4.22. The zero-order chi connectivity index (χ0) is 12.4. The zero-order valence-electron chi connectivity index (χ0n) is 11.7. The average molecular weight is 252 g/mol. The molecule has 1 N–H and O–H groups in total. The molecule has 0 bridgehead atoms. The topological polar surface area (TPSA) is 24.5 Å². The predicted molar refractivity (Wildman–Crippen MR) is 73.7 cm³/mol. The van der Waals surface area contributed by atoms with Crippen LogP contribution in [0.1, 0.15) is 39.0 Å². The number of hydrogen-bond acceptors (Lipinski definition) is 3. The van der Waals surface area contributed by atoms with Gasteiger partial charge in [-0.1, -0.05) is 6.92 Å². The molecule has 3 nitrogen and oxygen atoms in total. The minimum absolute atomic E-state index is 0.528. The highest BCUT2D eigenvalue weighted by Gasteiger charge is 2.35. The summed E-state index contributed by atoms with van der Waals surface area (Å²) in [7, 11) is 0. The van der Waals surface area contributed by atoms with Crippen LogP contribution >= 0.6 is 0 Å². The van der Waals surface area contributed by atoms with Crippen LogP contribution in [-0.2, 0) is 4.74 Å². The van der Waals surface area contributed by atoms with E-state index in [1.807, 2.05) is 0 Å². The van der Waals surface area contributed by atoms with Crippen LogP contribution in [0.2, 0.25) is 0 Å². The van der Waals surface area contributed by atoms with Gasteiger partial charge in [-0.25, -0.2) is 0 Å². The van der Waals surface area contributed by atoms with Gasteiger partial charge in [-0.05, 0) is 57.0 Å². The largest absolute Gasteiger partial charge is 0.378 e. The Morgan fingerprint density at radius 2 is 2.17 bits per heavy atom. The van der Waals surface area contributed by atoms with E-state index in [1.165, 1.54) is 58.3 Å². The monoisotopic (exact) mass is 252 g/mol. The maximum atomic E-state index is 5.83. The number of nitrogens with zero attached hydrogens (tertiary/aromatic N) is 1. The summed E-state index contributed by atoms with van der Waals surface area (Å²) in [6.45, 7) is 8.29. The molecule has 104 valence electrons. The van der Waals surface area contributed by atoms with Gasteiger partial charge in [0.25, 0.3) is 0 Å². The third-order valence-corrected chi connectivity index (χ3v) is 4.95. The maximum Gasteiger partial charge on any atom is 0.0613 e. The number of ether oxygens (including phenoxy) is 1. The van der Waals surface area contributed by atoms with Crippen molar-refractivity contribution in [3.8, 4) is 0 Å². The van der Waals surface area contributed by atoms with E-state index in [2.05, 4.69) is 17.1 Å². The summed E-state index contributed by atoms with van der Waals surface area (Å²) < 4.78 is 5.83. The van der Waals surface area contributed by atoms with Gasteiger partial charge in [0.05, 0.1) is 6.10 Å². The van der Waals surface area contributed by atoms with Crippen molar-refractivity contribution < 1.29 is 4.74 Å². The van der Waals surface area contributed by atoms with Gasteiger partial charge in [-0.2, -0.15) is 0 Å². The van der Waals surface area contributed by atoms with E-state index in [0.717, 1.165) is 24.5 Å². The first kappa shape index (κ1) is 12.9. The summed E-state index contributed by atoms with van der Waals surface area (Å²) >= 11 is 0. The molecule has 2 aliphatic heterocycles. The molecule has 0 aromatic heterocycles. The zero-order valence-corrected chi connectivity index (χ0v) is 11.7. The van der Waals surface area contributed by atoms with Crippen molar-refractivity contribution in [2.24, 2.45) is 11.8 Å². The molecule has 18 heavy (non-hydrogen) atoms. The quantitative estimate of drug-likeness (QED) is 0.827. The maximum absolute atomic E-state index is 5.83. The van der Waals surface area contributed by atoms with E-state index in [4.69, 9.17) is 4.74 Å². The van der Waals surface area contributed by atoms with E-state index in [-0.39, 0.29) is 0 Å². The normalized spacial score (nSPS) is 38.8. The van der Waals surface area contributed by atoms with Crippen LogP contribution in [0.3, 0.4) is 0 Å². The highest BCUT2D eigenvalue weighted by atomic mass is 16.5. The molecule has 1 aliphatic carbocycles. The third kappa shape index (κ3) is 3.06. The molecule has 3 heteroatoms. The molecule has 2 saturated heterocycles. The summed E-state index contributed by atoms with van der Waals surface area (Å²) in [5.41, 5.74) is 0. The van der Waals surface area contributed by atoms with Gasteiger partial charge in [0.2, 0.25) is 0 Å². The van der Waals surface area contributed by atoms with Gasteiger partial charge in [-0.3, -0.25) is 0 Å². The highest BCUT2D eigenvalue weighted by Crippen LogP contribution is 2.34. The molecule has 3 rings (SSSR count). The van der Waals surface area contributed by atoms with Crippen molar-refractivity contribution in [1.82, 2.24) is 10.2 Å². The highest BCUT2D eigenvalue weighted by molar-refractivity contribution is 4.91. The Balaban J connectivity index is 1.53. The van der Waals surface area contributed by atoms with Crippen LogP contribution in [-0.4, -0.2) is 49.8 Å². The molecule has 0 aromatic rings. The molecule has 3 fully saturated rings.